The molecular weight excluding hydrogens is 685 g/mol. The van der Waals surface area contributed by atoms with Crippen LogP contribution in [0, 0.1) is 0 Å². The second kappa shape index (κ2) is 37.2. The highest BCUT2D eigenvalue weighted by Gasteiger charge is 2.21. The average Bonchev–Trinajstić information content (AvgIpc) is 3.13. The average molecular weight is 763 g/mol. The lowest BCUT2D eigenvalue weighted by molar-refractivity contribution is -0.870. The van der Waals surface area contributed by atoms with E-state index in [4.69, 9.17) is 4.74 Å². The fourth-order valence-corrected chi connectivity index (χ4v) is 5.58. The van der Waals surface area contributed by atoms with E-state index in [0.29, 0.717) is 30.2 Å². The third-order valence-corrected chi connectivity index (χ3v) is 8.73. The number of carbonyl (C=O) groups excluding carboxylic acids is 3. The van der Waals surface area contributed by atoms with Gasteiger partial charge in [0.25, 0.3) is 0 Å². The lowest BCUT2D eigenvalue weighted by Crippen LogP contribution is -2.49. The van der Waals surface area contributed by atoms with Gasteiger partial charge in [-0.2, -0.15) is 0 Å². The van der Waals surface area contributed by atoms with Gasteiger partial charge in [-0.3, -0.25) is 9.59 Å². The third kappa shape index (κ3) is 38.4. The number of ether oxygens (including phenoxy) is 1. The number of carboxylic acid groups (broad SMARTS) is 1. The summed E-state index contributed by atoms with van der Waals surface area (Å²) in [5.41, 5.74) is 0. The molecule has 0 aliphatic heterocycles. The number of aliphatic carboxylic acids is 1. The number of amides is 1. The summed E-state index contributed by atoms with van der Waals surface area (Å²) < 4.78 is 6.49. The molecule has 0 saturated carbocycles. The Labute approximate surface area is 336 Å². The van der Waals surface area contributed by atoms with E-state index >= 15 is 0 Å². The van der Waals surface area contributed by atoms with Gasteiger partial charge in [0.15, 0.2) is 0 Å². The second-order valence-electron chi connectivity index (χ2n) is 15.2. The van der Waals surface area contributed by atoms with Gasteiger partial charge in [-0.1, -0.05) is 124 Å². The minimum Gasteiger partial charge on any atom is -0.548 e. The molecule has 0 aromatic heterocycles. The quantitative estimate of drug-likeness (QED) is 0.0300. The lowest BCUT2D eigenvalue weighted by atomic mass is 10.1. The topological polar surface area (TPSA) is 95.5 Å². The third-order valence-electron chi connectivity index (χ3n) is 8.73. The number of nitrogens with one attached hydrogen (secondary N) is 1. The Morgan fingerprint density at radius 1 is 0.582 bits per heavy atom. The van der Waals surface area contributed by atoms with Crippen molar-refractivity contribution in [2.24, 2.45) is 0 Å². The van der Waals surface area contributed by atoms with E-state index in [2.05, 4.69) is 116 Å². The van der Waals surface area contributed by atoms with Crippen LogP contribution in [0.1, 0.15) is 149 Å². The normalized spacial score (nSPS) is 14.0. The molecule has 0 rings (SSSR count). The zero-order valence-corrected chi connectivity index (χ0v) is 35.4. The zero-order valence-electron chi connectivity index (χ0n) is 35.4. The molecule has 2 atom stereocenters. The molecular formula is C48H78N2O5. The van der Waals surface area contributed by atoms with Crippen molar-refractivity contribution in [3.63, 3.8) is 0 Å². The van der Waals surface area contributed by atoms with Crippen LogP contribution >= 0.6 is 0 Å². The summed E-state index contributed by atoms with van der Waals surface area (Å²) in [7, 11) is 6.12. The van der Waals surface area contributed by atoms with Gasteiger partial charge in [-0.05, 0) is 109 Å². The van der Waals surface area contributed by atoms with Gasteiger partial charge in [0.05, 0.1) is 46.1 Å². The first-order valence-corrected chi connectivity index (χ1v) is 21.3. The molecule has 0 radical (unpaired) electrons. The molecule has 0 heterocycles. The number of esters is 1. The maximum Gasteiger partial charge on any atom is 0.306 e. The van der Waals surface area contributed by atoms with Crippen LogP contribution in [-0.2, 0) is 19.1 Å². The molecule has 1 N–H and O–H groups in total. The summed E-state index contributed by atoms with van der Waals surface area (Å²) in [6.07, 6.45) is 51.6. The predicted molar refractivity (Wildman–Crippen MR) is 231 cm³/mol. The fourth-order valence-electron chi connectivity index (χ4n) is 5.58. The Bertz CT molecular complexity index is 1220. The summed E-state index contributed by atoms with van der Waals surface area (Å²) in [5, 5.41) is 14.4. The minimum absolute atomic E-state index is 0.0622. The summed E-state index contributed by atoms with van der Waals surface area (Å²) in [5.74, 6) is -2.05. The summed E-state index contributed by atoms with van der Waals surface area (Å²) in [4.78, 5) is 37.5. The predicted octanol–water partition coefficient (Wildman–Crippen LogP) is 10.5. The largest absolute Gasteiger partial charge is 0.548 e. The van der Waals surface area contributed by atoms with Crippen LogP contribution in [0.3, 0.4) is 0 Å². The van der Waals surface area contributed by atoms with Crippen LogP contribution in [0.15, 0.2) is 97.2 Å². The molecule has 0 bridgehead atoms. The van der Waals surface area contributed by atoms with E-state index in [1.54, 1.807) is 0 Å². The molecule has 0 saturated heterocycles. The highest BCUT2D eigenvalue weighted by Crippen LogP contribution is 2.14. The lowest BCUT2D eigenvalue weighted by Gasteiger charge is -2.26. The first kappa shape index (κ1) is 51.3. The maximum absolute atomic E-state index is 13.0. The van der Waals surface area contributed by atoms with Gasteiger partial charge in [-0.15, -0.1) is 0 Å². The molecule has 7 heteroatoms. The highest BCUT2D eigenvalue weighted by atomic mass is 16.5. The molecule has 1 amide bonds. The van der Waals surface area contributed by atoms with Crippen LogP contribution in [-0.4, -0.2) is 62.2 Å². The smallest absolute Gasteiger partial charge is 0.306 e. The Morgan fingerprint density at radius 2 is 1.04 bits per heavy atom. The van der Waals surface area contributed by atoms with Crippen molar-refractivity contribution in [3.8, 4) is 0 Å². The number of quaternary nitrogens is 1. The Balaban J connectivity index is 4.75. The molecule has 0 unspecified atom stereocenters. The number of unbranched alkanes of at least 4 members (excludes halogenated alkanes) is 6. The van der Waals surface area contributed by atoms with Gasteiger partial charge < -0.3 is 24.4 Å². The standard InChI is InChI=1S/C48H78N2O5/c1-6-8-10-12-14-16-18-20-22-23-25-27-29-31-33-35-37-41-47(52)55-44(43-46(51)49-45(48(53)54)40-38-42-50(3,4)5)39-36-34-32-30-28-26-24-21-19-17-15-13-11-9-7-2/h8,10,14-17,20-22,24-25,27-28,30-31,33,44-45H,6-7,9,11-13,18-19,23,26,29,32,34-43H2,1-5H3,(H-,49,51,53,54)/b10-8-,16-14-,17-15-,22-20-,24-21-,27-25-,30-28-,33-31-/t44-,45+/m1/s1. The van der Waals surface area contributed by atoms with E-state index in [1.807, 2.05) is 21.1 Å². The van der Waals surface area contributed by atoms with Crippen LogP contribution in [0.2, 0.25) is 0 Å². The first-order chi connectivity index (χ1) is 26.6. The fraction of sp³-hybridized carbons (Fsp3) is 0.604. The summed E-state index contributed by atoms with van der Waals surface area (Å²) >= 11 is 0. The van der Waals surface area contributed by atoms with Gasteiger partial charge in [-0.25, -0.2) is 0 Å². The van der Waals surface area contributed by atoms with Crippen LogP contribution in [0.5, 0.6) is 0 Å². The van der Waals surface area contributed by atoms with Gasteiger partial charge in [0.2, 0.25) is 5.91 Å². The van der Waals surface area contributed by atoms with Gasteiger partial charge in [0.1, 0.15) is 6.10 Å². The van der Waals surface area contributed by atoms with Crippen molar-refractivity contribution in [2.75, 3.05) is 27.7 Å². The number of allylic oxidation sites excluding steroid dienone is 16. The Morgan fingerprint density at radius 3 is 1.49 bits per heavy atom. The summed E-state index contributed by atoms with van der Waals surface area (Å²) in [6, 6.07) is -1.07. The number of nitrogens with zero attached hydrogens (tertiary/aromatic N) is 1. The molecule has 0 aromatic rings. The van der Waals surface area contributed by atoms with E-state index in [9.17, 15) is 19.5 Å². The zero-order chi connectivity index (χ0) is 40.7. The second-order valence-corrected chi connectivity index (χ2v) is 15.2. The number of carbonyl (C=O) groups is 3. The number of carboxylic acids is 1. The number of hydrogen-bond donors (Lipinski definition) is 1. The van der Waals surface area contributed by atoms with Gasteiger partial charge >= 0.3 is 5.97 Å². The molecule has 0 fully saturated rings. The van der Waals surface area contributed by atoms with E-state index in [-0.39, 0.29) is 18.8 Å². The monoisotopic (exact) mass is 763 g/mol. The van der Waals surface area contributed by atoms with Crippen LogP contribution in [0.25, 0.3) is 0 Å². The van der Waals surface area contributed by atoms with Crippen molar-refractivity contribution in [1.29, 1.82) is 0 Å². The molecule has 0 spiro atoms. The Kier molecular flexibility index (Phi) is 34.7. The van der Waals surface area contributed by atoms with Crippen molar-refractivity contribution in [1.82, 2.24) is 5.32 Å². The van der Waals surface area contributed by atoms with Crippen LogP contribution in [0.4, 0.5) is 0 Å². The SMILES string of the molecule is CC/C=C\C/C=C\C/C=C\C/C=C\C/C=C\CCCC(=O)O[C@H](CCCC/C=C\C/C=C\C/C=C\CCCCC)CC(=O)N[C@@H](CCC[N+](C)(C)C)C(=O)[O-]. The molecule has 0 aliphatic rings. The van der Waals surface area contributed by atoms with Crippen LogP contribution < -0.4 is 10.4 Å². The molecule has 310 valence electrons. The molecule has 7 nitrogen and oxygen atoms in total. The van der Waals surface area contributed by atoms with Crippen molar-refractivity contribution in [3.05, 3.63) is 97.2 Å². The summed E-state index contributed by atoms with van der Waals surface area (Å²) in [6.45, 7) is 5.14. The van der Waals surface area contributed by atoms with Gasteiger partial charge in [0, 0.05) is 6.42 Å². The van der Waals surface area contributed by atoms with E-state index in [1.165, 1.54) is 19.3 Å². The van der Waals surface area contributed by atoms with E-state index in [0.717, 1.165) is 83.6 Å². The van der Waals surface area contributed by atoms with E-state index < -0.39 is 24.0 Å². The number of rotatable bonds is 35. The molecule has 55 heavy (non-hydrogen) atoms. The first-order valence-electron chi connectivity index (χ1n) is 21.3. The molecule has 0 aliphatic carbocycles. The van der Waals surface area contributed by atoms with Crippen molar-refractivity contribution < 1.29 is 28.7 Å². The Hall–Kier alpha value is -3.71. The van der Waals surface area contributed by atoms with Crippen molar-refractivity contribution >= 4 is 17.8 Å². The molecule has 0 aromatic carbocycles. The van der Waals surface area contributed by atoms with Crippen molar-refractivity contribution in [2.45, 2.75) is 161 Å². The maximum atomic E-state index is 13.0. The minimum atomic E-state index is -1.29. The number of hydrogen-bond acceptors (Lipinski definition) is 5. The highest BCUT2D eigenvalue weighted by molar-refractivity contribution is 5.83.